The Labute approximate surface area is 137 Å². The van der Waals surface area contributed by atoms with E-state index in [2.05, 4.69) is 27.1 Å². The van der Waals surface area contributed by atoms with E-state index in [0.717, 1.165) is 36.8 Å². The zero-order chi connectivity index (χ0) is 16.7. The van der Waals surface area contributed by atoms with Crippen LogP contribution in [0.3, 0.4) is 0 Å². The lowest BCUT2D eigenvalue weighted by Crippen LogP contribution is -2.22. The molecule has 1 N–H and O–H groups in total. The molecule has 23 heavy (non-hydrogen) atoms. The standard InChI is InChI=1S/C18H25FN4/c1-4-5-12-23(3)18-21-14(2)13-17(22-18)20-11-10-15-8-6-7-9-16(15)19/h6-9,13H,4-5,10-12H2,1-3H3,(H,20,21,22). The number of hydrogen-bond acceptors (Lipinski definition) is 4. The predicted octanol–water partition coefficient (Wildman–Crippen LogP) is 3.82. The maximum atomic E-state index is 13.6. The molecule has 5 heteroatoms. The van der Waals surface area contributed by atoms with Gasteiger partial charge in [-0.2, -0.15) is 4.98 Å². The summed E-state index contributed by atoms with van der Waals surface area (Å²) in [6.45, 7) is 5.70. The molecule has 0 amide bonds. The summed E-state index contributed by atoms with van der Waals surface area (Å²) in [5.41, 5.74) is 1.64. The molecule has 0 saturated heterocycles. The van der Waals surface area contributed by atoms with E-state index in [4.69, 9.17) is 0 Å². The minimum absolute atomic E-state index is 0.159. The van der Waals surface area contributed by atoms with Crippen molar-refractivity contribution in [1.82, 2.24) is 9.97 Å². The van der Waals surface area contributed by atoms with Crippen LogP contribution in [0.1, 0.15) is 31.0 Å². The van der Waals surface area contributed by atoms with Crippen molar-refractivity contribution in [2.75, 3.05) is 30.4 Å². The van der Waals surface area contributed by atoms with Crippen LogP contribution in [0.2, 0.25) is 0 Å². The van der Waals surface area contributed by atoms with E-state index in [-0.39, 0.29) is 5.82 Å². The van der Waals surface area contributed by atoms with Crippen LogP contribution in [-0.2, 0) is 6.42 Å². The highest BCUT2D eigenvalue weighted by molar-refractivity contribution is 5.43. The molecule has 2 aromatic rings. The molecule has 0 saturated carbocycles. The first-order chi connectivity index (χ1) is 11.1. The van der Waals surface area contributed by atoms with Crippen LogP contribution in [-0.4, -0.2) is 30.1 Å². The van der Waals surface area contributed by atoms with Crippen LogP contribution in [0.25, 0.3) is 0 Å². The Kier molecular flexibility index (Phi) is 6.32. The molecular weight excluding hydrogens is 291 g/mol. The van der Waals surface area contributed by atoms with Gasteiger partial charge < -0.3 is 10.2 Å². The molecule has 0 atom stereocenters. The molecule has 0 bridgehead atoms. The summed E-state index contributed by atoms with van der Waals surface area (Å²) in [5, 5.41) is 3.27. The van der Waals surface area contributed by atoms with Gasteiger partial charge in [-0.25, -0.2) is 9.37 Å². The third-order valence-electron chi connectivity index (χ3n) is 3.69. The van der Waals surface area contributed by atoms with Crippen molar-refractivity contribution in [1.29, 1.82) is 0 Å². The Bertz CT molecular complexity index is 630. The number of halogens is 1. The smallest absolute Gasteiger partial charge is 0.227 e. The largest absolute Gasteiger partial charge is 0.370 e. The molecule has 0 fully saturated rings. The molecule has 0 spiro atoms. The Morgan fingerprint density at radius 3 is 2.74 bits per heavy atom. The second-order valence-corrected chi connectivity index (χ2v) is 5.74. The highest BCUT2D eigenvalue weighted by Crippen LogP contribution is 2.14. The van der Waals surface area contributed by atoms with Crippen molar-refractivity contribution in [2.24, 2.45) is 0 Å². The SMILES string of the molecule is CCCCN(C)c1nc(C)cc(NCCc2ccccc2F)n1. The lowest BCUT2D eigenvalue weighted by Gasteiger charge is -2.18. The minimum atomic E-state index is -0.159. The van der Waals surface area contributed by atoms with E-state index in [1.165, 1.54) is 6.07 Å². The highest BCUT2D eigenvalue weighted by atomic mass is 19.1. The number of unbranched alkanes of at least 4 members (excludes halogenated alkanes) is 1. The molecule has 0 aliphatic heterocycles. The van der Waals surface area contributed by atoms with Gasteiger partial charge in [0.25, 0.3) is 0 Å². The van der Waals surface area contributed by atoms with E-state index in [0.29, 0.717) is 18.5 Å². The Morgan fingerprint density at radius 1 is 1.22 bits per heavy atom. The van der Waals surface area contributed by atoms with Gasteiger partial charge in [0.15, 0.2) is 0 Å². The maximum Gasteiger partial charge on any atom is 0.227 e. The third-order valence-corrected chi connectivity index (χ3v) is 3.69. The van der Waals surface area contributed by atoms with Crippen LogP contribution < -0.4 is 10.2 Å². The van der Waals surface area contributed by atoms with Gasteiger partial charge in [-0.1, -0.05) is 31.5 Å². The van der Waals surface area contributed by atoms with E-state index in [1.807, 2.05) is 32.2 Å². The second-order valence-electron chi connectivity index (χ2n) is 5.74. The zero-order valence-corrected chi connectivity index (χ0v) is 14.1. The normalized spacial score (nSPS) is 10.6. The number of hydrogen-bond donors (Lipinski definition) is 1. The predicted molar refractivity (Wildman–Crippen MR) is 93.5 cm³/mol. The van der Waals surface area contributed by atoms with Crippen LogP contribution in [0, 0.1) is 12.7 Å². The van der Waals surface area contributed by atoms with E-state index in [1.54, 1.807) is 6.07 Å². The molecular formula is C18H25FN4. The number of aryl methyl sites for hydroxylation is 1. The van der Waals surface area contributed by atoms with Crippen LogP contribution >= 0.6 is 0 Å². The van der Waals surface area contributed by atoms with Gasteiger partial charge in [0.05, 0.1) is 0 Å². The van der Waals surface area contributed by atoms with Crippen molar-refractivity contribution < 1.29 is 4.39 Å². The molecule has 0 radical (unpaired) electrons. The van der Waals surface area contributed by atoms with Crippen molar-refractivity contribution in [3.05, 3.63) is 47.4 Å². The average Bonchev–Trinajstić information content (AvgIpc) is 2.54. The van der Waals surface area contributed by atoms with Crippen molar-refractivity contribution in [3.63, 3.8) is 0 Å². The second kappa shape index (κ2) is 8.46. The van der Waals surface area contributed by atoms with E-state index in [9.17, 15) is 4.39 Å². The molecule has 0 aliphatic rings. The summed E-state index contributed by atoms with van der Waals surface area (Å²) in [6, 6.07) is 8.78. The number of rotatable bonds is 8. The lowest BCUT2D eigenvalue weighted by atomic mass is 10.1. The summed E-state index contributed by atoms with van der Waals surface area (Å²) in [6.07, 6.45) is 2.88. The van der Waals surface area contributed by atoms with Crippen molar-refractivity contribution >= 4 is 11.8 Å². The quantitative estimate of drug-likeness (QED) is 0.804. The van der Waals surface area contributed by atoms with Crippen LogP contribution in [0.4, 0.5) is 16.2 Å². The van der Waals surface area contributed by atoms with Crippen molar-refractivity contribution in [3.8, 4) is 0 Å². The molecule has 4 nitrogen and oxygen atoms in total. The number of anilines is 2. The fraction of sp³-hybridized carbons (Fsp3) is 0.444. The third kappa shape index (κ3) is 5.20. The van der Waals surface area contributed by atoms with Crippen LogP contribution in [0.15, 0.2) is 30.3 Å². The summed E-state index contributed by atoms with van der Waals surface area (Å²) in [5.74, 6) is 1.35. The first-order valence-electron chi connectivity index (χ1n) is 8.14. The summed E-state index contributed by atoms with van der Waals surface area (Å²) in [7, 11) is 2.01. The monoisotopic (exact) mass is 316 g/mol. The summed E-state index contributed by atoms with van der Waals surface area (Å²) in [4.78, 5) is 11.1. The lowest BCUT2D eigenvalue weighted by molar-refractivity contribution is 0.610. The topological polar surface area (TPSA) is 41.1 Å². The molecule has 1 aromatic heterocycles. The maximum absolute atomic E-state index is 13.6. The molecule has 124 valence electrons. The number of benzene rings is 1. The van der Waals surface area contributed by atoms with Gasteiger partial charge in [-0.05, 0) is 31.4 Å². The zero-order valence-electron chi connectivity index (χ0n) is 14.1. The Balaban J connectivity index is 1.97. The average molecular weight is 316 g/mol. The summed E-state index contributed by atoms with van der Waals surface area (Å²) < 4.78 is 13.6. The van der Waals surface area contributed by atoms with E-state index < -0.39 is 0 Å². The first-order valence-corrected chi connectivity index (χ1v) is 8.14. The molecule has 2 rings (SSSR count). The number of aromatic nitrogens is 2. The van der Waals surface area contributed by atoms with Gasteiger partial charge in [0, 0.05) is 31.9 Å². The number of nitrogens with one attached hydrogen (secondary N) is 1. The molecule has 1 aromatic carbocycles. The molecule has 0 aliphatic carbocycles. The van der Waals surface area contributed by atoms with E-state index >= 15 is 0 Å². The van der Waals surface area contributed by atoms with Gasteiger partial charge in [0.2, 0.25) is 5.95 Å². The Morgan fingerprint density at radius 2 is 2.00 bits per heavy atom. The summed E-state index contributed by atoms with van der Waals surface area (Å²) >= 11 is 0. The fourth-order valence-corrected chi connectivity index (χ4v) is 2.34. The Hall–Kier alpha value is -2.17. The highest BCUT2D eigenvalue weighted by Gasteiger charge is 2.07. The molecule has 1 heterocycles. The first kappa shape index (κ1) is 17.2. The minimum Gasteiger partial charge on any atom is -0.370 e. The van der Waals surface area contributed by atoms with Gasteiger partial charge in [-0.15, -0.1) is 0 Å². The van der Waals surface area contributed by atoms with Crippen molar-refractivity contribution in [2.45, 2.75) is 33.1 Å². The fourth-order valence-electron chi connectivity index (χ4n) is 2.34. The molecule has 0 unspecified atom stereocenters. The number of nitrogens with zero attached hydrogens (tertiary/aromatic N) is 3. The van der Waals surface area contributed by atoms with Gasteiger partial charge >= 0.3 is 0 Å². The van der Waals surface area contributed by atoms with Crippen LogP contribution in [0.5, 0.6) is 0 Å². The van der Waals surface area contributed by atoms with Gasteiger partial charge in [-0.3, -0.25) is 0 Å². The van der Waals surface area contributed by atoms with Gasteiger partial charge in [0.1, 0.15) is 11.6 Å².